The summed E-state index contributed by atoms with van der Waals surface area (Å²) in [5, 5.41) is 3.23. The Bertz CT molecular complexity index is 729. The van der Waals surface area contributed by atoms with Gasteiger partial charge in [-0.05, 0) is 29.8 Å². The molecule has 0 spiro atoms. The number of hydrogen-bond acceptors (Lipinski definition) is 4. The van der Waals surface area contributed by atoms with Gasteiger partial charge in [0, 0.05) is 31.1 Å². The first-order chi connectivity index (χ1) is 11.9. The third kappa shape index (κ3) is 4.11. The molecule has 3 rings (SSSR count). The Kier molecular flexibility index (Phi) is 5.58. The first-order valence-corrected chi connectivity index (χ1v) is 9.04. The van der Waals surface area contributed by atoms with Crippen molar-refractivity contribution in [2.45, 2.75) is 12.2 Å². The lowest BCUT2D eigenvalue weighted by Crippen LogP contribution is -2.45. The number of hydrogen-bond donors (Lipinski definition) is 1. The van der Waals surface area contributed by atoms with Crippen LogP contribution in [0, 0.1) is 0 Å². The molecule has 3 nitrogen and oxygen atoms in total. The Hall–Kier alpha value is -1.28. The molecule has 1 aliphatic rings. The van der Waals surface area contributed by atoms with Crippen LogP contribution in [0.2, 0.25) is 4.34 Å². The summed E-state index contributed by atoms with van der Waals surface area (Å²) in [6.45, 7) is 2.83. The molecule has 1 aromatic heterocycles. The quantitative estimate of drug-likeness (QED) is 0.836. The van der Waals surface area contributed by atoms with Crippen molar-refractivity contribution < 1.29 is 17.9 Å². The summed E-state index contributed by atoms with van der Waals surface area (Å²) in [5.74, 6) is 0.194. The summed E-state index contributed by atoms with van der Waals surface area (Å²) in [4.78, 5) is 2.87. The Morgan fingerprint density at radius 2 is 1.92 bits per heavy atom. The summed E-state index contributed by atoms with van der Waals surface area (Å²) < 4.78 is 46.7. The molecule has 1 N–H and O–H groups in total. The number of benzene rings is 1. The second-order valence-corrected chi connectivity index (χ2v) is 7.53. The van der Waals surface area contributed by atoms with Gasteiger partial charge in [0.25, 0.3) is 0 Å². The van der Waals surface area contributed by atoms with Crippen LogP contribution in [0.1, 0.15) is 22.0 Å². The second-order valence-electron chi connectivity index (χ2n) is 5.78. The maximum Gasteiger partial charge on any atom is 0.416 e. The number of alkyl halides is 3. The van der Waals surface area contributed by atoms with Crippen LogP contribution in [0.5, 0.6) is 5.75 Å². The zero-order valence-corrected chi connectivity index (χ0v) is 15.1. The Balaban J connectivity index is 2.12. The van der Waals surface area contributed by atoms with E-state index >= 15 is 0 Å². The summed E-state index contributed by atoms with van der Waals surface area (Å²) in [5.41, 5.74) is -0.436. The van der Waals surface area contributed by atoms with Gasteiger partial charge in [-0.1, -0.05) is 17.7 Å². The maximum atomic E-state index is 13.7. The number of rotatable bonds is 4. The highest BCUT2D eigenvalue weighted by Gasteiger charge is 2.38. The van der Waals surface area contributed by atoms with Gasteiger partial charge < -0.3 is 10.1 Å². The standard InChI is InChI=1S/C17H18ClF3N2OS/c1-24-11-2-3-12(13(10-11)17(19,20)21)16(14-4-5-15(18)25-14)23-8-6-22-7-9-23/h2-5,10,16,22H,6-9H2,1H3/t16-/m0/s1. The molecule has 0 saturated carbocycles. The van der Waals surface area contributed by atoms with Crippen molar-refractivity contribution in [2.75, 3.05) is 33.3 Å². The molecule has 2 heterocycles. The molecule has 2 aromatic rings. The van der Waals surface area contributed by atoms with E-state index in [1.165, 1.54) is 24.5 Å². The van der Waals surface area contributed by atoms with Gasteiger partial charge in [-0.2, -0.15) is 13.2 Å². The molecule has 136 valence electrons. The first-order valence-electron chi connectivity index (χ1n) is 7.85. The van der Waals surface area contributed by atoms with Crippen molar-refractivity contribution in [2.24, 2.45) is 0 Å². The maximum absolute atomic E-state index is 13.7. The molecule has 1 atom stereocenters. The number of piperazine rings is 1. The minimum Gasteiger partial charge on any atom is -0.497 e. The van der Waals surface area contributed by atoms with E-state index in [1.807, 2.05) is 6.07 Å². The second kappa shape index (κ2) is 7.53. The molecule has 8 heteroatoms. The Morgan fingerprint density at radius 3 is 2.48 bits per heavy atom. The SMILES string of the molecule is COc1ccc([C@@H](c2ccc(Cl)s2)N2CCNCC2)c(C(F)(F)F)c1. The van der Waals surface area contributed by atoms with Gasteiger partial charge in [0.15, 0.2) is 0 Å². The molecule has 0 aliphatic carbocycles. The molecular formula is C17H18ClF3N2OS. The van der Waals surface area contributed by atoms with Crippen LogP contribution in [0.15, 0.2) is 30.3 Å². The number of ether oxygens (including phenoxy) is 1. The molecule has 1 aliphatic heterocycles. The number of methoxy groups -OCH3 is 1. The Labute approximate surface area is 153 Å². The van der Waals surface area contributed by atoms with Crippen molar-refractivity contribution in [3.8, 4) is 5.75 Å². The fraction of sp³-hybridized carbons (Fsp3) is 0.412. The monoisotopic (exact) mass is 390 g/mol. The van der Waals surface area contributed by atoms with Gasteiger partial charge in [-0.3, -0.25) is 4.90 Å². The van der Waals surface area contributed by atoms with E-state index in [1.54, 1.807) is 12.1 Å². The number of halogens is 4. The zero-order valence-electron chi connectivity index (χ0n) is 13.6. The molecule has 1 saturated heterocycles. The lowest BCUT2D eigenvalue weighted by atomic mass is 9.96. The normalized spacial score (nSPS) is 17.5. The van der Waals surface area contributed by atoms with Crippen LogP contribution in [0.3, 0.4) is 0 Å². The molecule has 1 fully saturated rings. The summed E-state index contributed by atoms with van der Waals surface area (Å²) >= 11 is 7.37. The van der Waals surface area contributed by atoms with Crippen LogP contribution in [-0.4, -0.2) is 38.2 Å². The molecule has 1 aromatic carbocycles. The zero-order chi connectivity index (χ0) is 18.0. The van der Waals surface area contributed by atoms with Gasteiger partial charge in [0.1, 0.15) is 5.75 Å². The first kappa shape index (κ1) is 18.5. The number of thiophene rings is 1. The minimum absolute atomic E-state index is 0.194. The molecule has 0 radical (unpaired) electrons. The average Bonchev–Trinajstić information content (AvgIpc) is 3.01. The van der Waals surface area contributed by atoms with E-state index in [-0.39, 0.29) is 11.3 Å². The van der Waals surface area contributed by atoms with E-state index in [0.29, 0.717) is 17.4 Å². The molecule has 0 bridgehead atoms. The minimum atomic E-state index is -4.46. The van der Waals surface area contributed by atoms with Gasteiger partial charge in [-0.15, -0.1) is 11.3 Å². The third-order valence-corrected chi connectivity index (χ3v) is 5.52. The molecule has 0 unspecified atom stereocenters. The van der Waals surface area contributed by atoms with Crippen molar-refractivity contribution in [1.82, 2.24) is 10.2 Å². The summed E-state index contributed by atoms with van der Waals surface area (Å²) in [7, 11) is 1.36. The van der Waals surface area contributed by atoms with Gasteiger partial charge in [0.2, 0.25) is 0 Å². The highest BCUT2D eigenvalue weighted by atomic mass is 35.5. The molecular weight excluding hydrogens is 373 g/mol. The fourth-order valence-corrected chi connectivity index (χ4v) is 4.31. The average molecular weight is 391 g/mol. The predicted octanol–water partition coefficient (Wildman–Crippen LogP) is 4.42. The predicted molar refractivity (Wildman–Crippen MR) is 93.6 cm³/mol. The van der Waals surface area contributed by atoms with Crippen LogP contribution >= 0.6 is 22.9 Å². The van der Waals surface area contributed by atoms with E-state index in [0.717, 1.165) is 24.0 Å². The van der Waals surface area contributed by atoms with E-state index < -0.39 is 17.8 Å². The largest absolute Gasteiger partial charge is 0.497 e. The van der Waals surface area contributed by atoms with Crippen molar-refractivity contribution in [3.05, 3.63) is 50.7 Å². The third-order valence-electron chi connectivity index (χ3n) is 4.24. The number of nitrogens with zero attached hydrogens (tertiary/aromatic N) is 1. The topological polar surface area (TPSA) is 24.5 Å². The fourth-order valence-electron chi connectivity index (χ4n) is 3.09. The van der Waals surface area contributed by atoms with Gasteiger partial charge in [-0.25, -0.2) is 0 Å². The van der Waals surface area contributed by atoms with Crippen molar-refractivity contribution in [1.29, 1.82) is 0 Å². The van der Waals surface area contributed by atoms with E-state index in [2.05, 4.69) is 10.2 Å². The van der Waals surface area contributed by atoms with Crippen LogP contribution in [0.4, 0.5) is 13.2 Å². The van der Waals surface area contributed by atoms with E-state index in [4.69, 9.17) is 16.3 Å². The van der Waals surface area contributed by atoms with Gasteiger partial charge >= 0.3 is 6.18 Å². The Morgan fingerprint density at radius 1 is 1.20 bits per heavy atom. The summed E-state index contributed by atoms with van der Waals surface area (Å²) in [6, 6.07) is 7.22. The van der Waals surface area contributed by atoms with Crippen LogP contribution in [0.25, 0.3) is 0 Å². The highest BCUT2D eigenvalue weighted by molar-refractivity contribution is 7.16. The summed E-state index contributed by atoms with van der Waals surface area (Å²) in [6.07, 6.45) is -4.46. The lowest BCUT2D eigenvalue weighted by Gasteiger charge is -2.36. The van der Waals surface area contributed by atoms with Crippen LogP contribution in [-0.2, 0) is 6.18 Å². The van der Waals surface area contributed by atoms with Crippen LogP contribution < -0.4 is 10.1 Å². The lowest BCUT2D eigenvalue weighted by molar-refractivity contribution is -0.138. The smallest absolute Gasteiger partial charge is 0.416 e. The van der Waals surface area contributed by atoms with E-state index in [9.17, 15) is 13.2 Å². The highest BCUT2D eigenvalue weighted by Crippen LogP contribution is 2.42. The van der Waals surface area contributed by atoms with Gasteiger partial charge in [0.05, 0.1) is 23.1 Å². The number of nitrogens with one attached hydrogen (secondary N) is 1. The van der Waals surface area contributed by atoms with Crippen molar-refractivity contribution in [3.63, 3.8) is 0 Å². The molecule has 0 amide bonds. The van der Waals surface area contributed by atoms with Crippen molar-refractivity contribution >= 4 is 22.9 Å². The molecule has 25 heavy (non-hydrogen) atoms.